The fourth-order valence-corrected chi connectivity index (χ4v) is 1.94. The molecule has 0 aliphatic carbocycles. The van der Waals surface area contributed by atoms with Gasteiger partial charge < -0.3 is 10.1 Å². The first-order valence-corrected chi connectivity index (χ1v) is 4.65. The molecule has 0 unspecified atom stereocenters. The maximum absolute atomic E-state index is 10.7. The molecule has 2 rings (SSSR count). The summed E-state index contributed by atoms with van der Waals surface area (Å²) in [5.74, 6) is 0.374. The quantitative estimate of drug-likeness (QED) is 0.687. The van der Waals surface area contributed by atoms with Crippen LogP contribution in [0.3, 0.4) is 0 Å². The van der Waals surface area contributed by atoms with Gasteiger partial charge in [-0.15, -0.1) is 0 Å². The lowest BCUT2D eigenvalue weighted by atomic mass is 9.93. The SMILES string of the molecule is O=C[C@@H]1NCC[C@@H]1c1ccccc1. The van der Waals surface area contributed by atoms with E-state index < -0.39 is 0 Å². The highest BCUT2D eigenvalue weighted by molar-refractivity contribution is 5.61. The summed E-state index contributed by atoms with van der Waals surface area (Å²) in [5, 5.41) is 3.19. The molecule has 0 bridgehead atoms. The molecule has 2 heteroatoms. The molecule has 1 heterocycles. The second kappa shape index (κ2) is 3.71. The van der Waals surface area contributed by atoms with Crippen molar-refractivity contribution in [3.8, 4) is 0 Å². The predicted molar refractivity (Wildman–Crippen MR) is 51.7 cm³/mol. The van der Waals surface area contributed by atoms with E-state index in [1.807, 2.05) is 18.2 Å². The van der Waals surface area contributed by atoms with Crippen LogP contribution in [-0.2, 0) is 4.79 Å². The molecule has 1 aliphatic heterocycles. The van der Waals surface area contributed by atoms with Crippen molar-refractivity contribution in [3.63, 3.8) is 0 Å². The van der Waals surface area contributed by atoms with Crippen LogP contribution < -0.4 is 5.32 Å². The zero-order valence-corrected chi connectivity index (χ0v) is 7.44. The van der Waals surface area contributed by atoms with Crippen LogP contribution in [0.1, 0.15) is 17.9 Å². The highest BCUT2D eigenvalue weighted by Crippen LogP contribution is 2.26. The smallest absolute Gasteiger partial charge is 0.137 e. The normalized spacial score (nSPS) is 27.4. The van der Waals surface area contributed by atoms with E-state index in [1.165, 1.54) is 5.56 Å². The standard InChI is InChI=1S/C11H13NO/c13-8-11-10(6-7-12-11)9-4-2-1-3-5-9/h1-5,8,10-12H,6-7H2/t10-,11+/m1/s1. The zero-order valence-electron chi connectivity index (χ0n) is 7.44. The average Bonchev–Trinajstić information content (AvgIpc) is 2.67. The van der Waals surface area contributed by atoms with E-state index in [9.17, 15) is 4.79 Å². The summed E-state index contributed by atoms with van der Waals surface area (Å²) in [6.07, 6.45) is 2.08. The van der Waals surface area contributed by atoms with Gasteiger partial charge in [0.2, 0.25) is 0 Å². The number of carbonyl (C=O) groups excluding carboxylic acids is 1. The van der Waals surface area contributed by atoms with Crippen LogP contribution in [-0.4, -0.2) is 18.9 Å². The molecule has 68 valence electrons. The Morgan fingerprint density at radius 2 is 2.08 bits per heavy atom. The first kappa shape index (κ1) is 8.45. The summed E-state index contributed by atoms with van der Waals surface area (Å²) in [4.78, 5) is 10.7. The van der Waals surface area contributed by atoms with E-state index in [0.29, 0.717) is 5.92 Å². The predicted octanol–water partition coefficient (Wildman–Crippen LogP) is 1.33. The van der Waals surface area contributed by atoms with Crippen LogP contribution in [0.4, 0.5) is 0 Å². The van der Waals surface area contributed by atoms with Crippen LogP contribution in [0.5, 0.6) is 0 Å². The van der Waals surface area contributed by atoms with Crippen molar-refractivity contribution >= 4 is 6.29 Å². The van der Waals surface area contributed by atoms with Gasteiger partial charge in [0.1, 0.15) is 6.29 Å². The number of hydrogen-bond donors (Lipinski definition) is 1. The Labute approximate surface area is 78.0 Å². The van der Waals surface area contributed by atoms with Gasteiger partial charge in [-0.2, -0.15) is 0 Å². The van der Waals surface area contributed by atoms with Crippen molar-refractivity contribution in [2.24, 2.45) is 0 Å². The molecular formula is C11H13NO. The second-order valence-electron chi connectivity index (χ2n) is 3.42. The lowest BCUT2D eigenvalue weighted by Crippen LogP contribution is -2.27. The number of hydrogen-bond acceptors (Lipinski definition) is 2. The lowest BCUT2D eigenvalue weighted by molar-refractivity contribution is -0.109. The van der Waals surface area contributed by atoms with Gasteiger partial charge in [-0.05, 0) is 18.5 Å². The molecule has 2 nitrogen and oxygen atoms in total. The van der Waals surface area contributed by atoms with Crippen LogP contribution >= 0.6 is 0 Å². The zero-order chi connectivity index (χ0) is 9.10. The summed E-state index contributed by atoms with van der Waals surface area (Å²) in [7, 11) is 0. The van der Waals surface area contributed by atoms with Crippen molar-refractivity contribution < 1.29 is 4.79 Å². The van der Waals surface area contributed by atoms with Crippen molar-refractivity contribution in [2.75, 3.05) is 6.54 Å². The van der Waals surface area contributed by atoms with Gasteiger partial charge in [-0.3, -0.25) is 0 Å². The molecule has 0 saturated carbocycles. The maximum Gasteiger partial charge on any atom is 0.137 e. The van der Waals surface area contributed by atoms with Crippen LogP contribution in [0.2, 0.25) is 0 Å². The topological polar surface area (TPSA) is 29.1 Å². The van der Waals surface area contributed by atoms with Gasteiger partial charge in [-0.1, -0.05) is 30.3 Å². The highest BCUT2D eigenvalue weighted by Gasteiger charge is 2.27. The third kappa shape index (κ3) is 1.63. The Morgan fingerprint density at radius 3 is 2.77 bits per heavy atom. The minimum absolute atomic E-state index is 0.0161. The fraction of sp³-hybridized carbons (Fsp3) is 0.364. The van der Waals surface area contributed by atoms with Crippen LogP contribution in [0.15, 0.2) is 30.3 Å². The molecule has 0 radical (unpaired) electrons. The number of nitrogens with one attached hydrogen (secondary N) is 1. The molecule has 1 aromatic rings. The maximum atomic E-state index is 10.7. The van der Waals surface area contributed by atoms with E-state index in [0.717, 1.165) is 19.3 Å². The van der Waals surface area contributed by atoms with Gasteiger partial charge in [0, 0.05) is 5.92 Å². The number of aldehydes is 1. The Morgan fingerprint density at radius 1 is 1.31 bits per heavy atom. The van der Waals surface area contributed by atoms with E-state index in [-0.39, 0.29) is 6.04 Å². The summed E-state index contributed by atoms with van der Waals surface area (Å²) >= 11 is 0. The molecular weight excluding hydrogens is 162 g/mol. The second-order valence-corrected chi connectivity index (χ2v) is 3.42. The average molecular weight is 175 g/mol. The van der Waals surface area contributed by atoms with Gasteiger partial charge in [0.05, 0.1) is 6.04 Å². The monoisotopic (exact) mass is 175 g/mol. The van der Waals surface area contributed by atoms with Gasteiger partial charge >= 0.3 is 0 Å². The van der Waals surface area contributed by atoms with Crippen molar-refractivity contribution in [2.45, 2.75) is 18.4 Å². The van der Waals surface area contributed by atoms with E-state index in [2.05, 4.69) is 17.4 Å². The summed E-state index contributed by atoms with van der Waals surface area (Å²) in [6.45, 7) is 0.947. The molecule has 2 atom stereocenters. The summed E-state index contributed by atoms with van der Waals surface area (Å²) in [5.41, 5.74) is 1.27. The van der Waals surface area contributed by atoms with E-state index in [4.69, 9.17) is 0 Å². The summed E-state index contributed by atoms with van der Waals surface area (Å²) < 4.78 is 0. The Hall–Kier alpha value is -1.15. The molecule has 0 amide bonds. The molecule has 1 saturated heterocycles. The number of rotatable bonds is 2. The van der Waals surface area contributed by atoms with Crippen LogP contribution in [0.25, 0.3) is 0 Å². The number of benzene rings is 1. The molecule has 1 fully saturated rings. The molecule has 1 aliphatic rings. The highest BCUT2D eigenvalue weighted by atomic mass is 16.1. The van der Waals surface area contributed by atoms with E-state index >= 15 is 0 Å². The fourth-order valence-electron chi connectivity index (χ4n) is 1.94. The first-order valence-electron chi connectivity index (χ1n) is 4.65. The van der Waals surface area contributed by atoms with Crippen LogP contribution in [0, 0.1) is 0 Å². The van der Waals surface area contributed by atoms with Gasteiger partial charge in [0.25, 0.3) is 0 Å². The summed E-state index contributed by atoms with van der Waals surface area (Å²) in [6, 6.07) is 10.2. The molecule has 13 heavy (non-hydrogen) atoms. The van der Waals surface area contributed by atoms with E-state index in [1.54, 1.807) is 0 Å². The molecule has 1 N–H and O–H groups in total. The minimum atomic E-state index is 0.0161. The van der Waals surface area contributed by atoms with Gasteiger partial charge in [-0.25, -0.2) is 0 Å². The molecule has 1 aromatic carbocycles. The van der Waals surface area contributed by atoms with Crippen molar-refractivity contribution in [3.05, 3.63) is 35.9 Å². The third-order valence-electron chi connectivity index (χ3n) is 2.64. The van der Waals surface area contributed by atoms with Crippen molar-refractivity contribution in [1.29, 1.82) is 0 Å². The first-order chi connectivity index (χ1) is 6.42. The number of carbonyl (C=O) groups is 1. The Kier molecular flexibility index (Phi) is 2.41. The Bertz CT molecular complexity index is 283. The largest absolute Gasteiger partial charge is 0.307 e. The minimum Gasteiger partial charge on any atom is -0.307 e. The van der Waals surface area contributed by atoms with Gasteiger partial charge in [0.15, 0.2) is 0 Å². The lowest BCUT2D eigenvalue weighted by Gasteiger charge is -2.13. The molecule has 0 aromatic heterocycles. The molecule has 0 spiro atoms. The Balaban J connectivity index is 2.21. The van der Waals surface area contributed by atoms with Crippen molar-refractivity contribution in [1.82, 2.24) is 5.32 Å². The third-order valence-corrected chi connectivity index (χ3v) is 2.64.